The van der Waals surface area contributed by atoms with Crippen LogP contribution in [0.2, 0.25) is 0 Å². The molecular weight excluding hydrogens is 236 g/mol. The third-order valence-electron chi connectivity index (χ3n) is 5.11. The Bertz CT molecular complexity index is 318. The summed E-state index contributed by atoms with van der Waals surface area (Å²) in [7, 11) is 0. The van der Waals surface area contributed by atoms with E-state index in [1.807, 2.05) is 0 Å². The Morgan fingerprint density at radius 1 is 0.947 bits per heavy atom. The molecule has 3 aliphatic rings. The molecule has 108 valence electrons. The van der Waals surface area contributed by atoms with Gasteiger partial charge in [-0.2, -0.15) is 0 Å². The Hall–Kier alpha value is -0.770. The number of hydrogen-bond donors (Lipinski definition) is 1. The highest BCUT2D eigenvalue weighted by molar-refractivity contribution is 5.78. The Morgan fingerprint density at radius 2 is 1.74 bits per heavy atom. The van der Waals surface area contributed by atoms with E-state index in [-0.39, 0.29) is 0 Å². The first-order valence-electron chi connectivity index (χ1n) is 8.15. The van der Waals surface area contributed by atoms with Gasteiger partial charge in [0.05, 0.1) is 6.54 Å². The van der Waals surface area contributed by atoms with Crippen LogP contribution in [0.15, 0.2) is 4.99 Å². The number of aliphatic imine (C=N–C) groups is 1. The van der Waals surface area contributed by atoms with Crippen molar-refractivity contribution >= 4 is 5.96 Å². The fourth-order valence-corrected chi connectivity index (χ4v) is 3.79. The second-order valence-corrected chi connectivity index (χ2v) is 6.37. The standard InChI is InChI=1S/C15H28N4/c16-15(18-9-5-10-18)17-12-14-8-4-11-19(14)13-6-2-1-3-7-13/h13-14H,1-12H2,(H2,16,17). The number of likely N-dealkylation sites (tertiary alicyclic amines) is 2. The summed E-state index contributed by atoms with van der Waals surface area (Å²) in [4.78, 5) is 9.59. The Balaban J connectivity index is 1.53. The molecular formula is C15H28N4. The maximum absolute atomic E-state index is 6.04. The van der Waals surface area contributed by atoms with E-state index in [1.165, 1.54) is 57.9 Å². The van der Waals surface area contributed by atoms with Gasteiger partial charge in [-0.3, -0.25) is 9.89 Å². The van der Waals surface area contributed by atoms with E-state index in [9.17, 15) is 0 Å². The molecule has 0 aromatic heterocycles. The lowest BCUT2D eigenvalue weighted by Gasteiger charge is -2.35. The van der Waals surface area contributed by atoms with Crippen molar-refractivity contribution in [1.82, 2.24) is 9.80 Å². The zero-order valence-electron chi connectivity index (χ0n) is 12.1. The van der Waals surface area contributed by atoms with E-state index < -0.39 is 0 Å². The highest BCUT2D eigenvalue weighted by Crippen LogP contribution is 2.29. The molecule has 2 aliphatic heterocycles. The largest absolute Gasteiger partial charge is 0.370 e. The summed E-state index contributed by atoms with van der Waals surface area (Å²) in [5.41, 5.74) is 6.04. The van der Waals surface area contributed by atoms with E-state index >= 15 is 0 Å². The average Bonchev–Trinajstić information content (AvgIpc) is 2.83. The van der Waals surface area contributed by atoms with Crippen LogP contribution in [0.5, 0.6) is 0 Å². The molecule has 19 heavy (non-hydrogen) atoms. The zero-order valence-corrected chi connectivity index (χ0v) is 12.1. The van der Waals surface area contributed by atoms with Crippen molar-refractivity contribution in [3.05, 3.63) is 0 Å². The molecule has 0 spiro atoms. The summed E-state index contributed by atoms with van der Waals surface area (Å²) in [6.07, 6.45) is 11.0. The lowest BCUT2D eigenvalue weighted by molar-refractivity contribution is 0.145. The summed E-state index contributed by atoms with van der Waals surface area (Å²) < 4.78 is 0. The van der Waals surface area contributed by atoms with Crippen LogP contribution in [0.1, 0.15) is 51.4 Å². The summed E-state index contributed by atoms with van der Waals surface area (Å²) in [5, 5.41) is 0. The Morgan fingerprint density at radius 3 is 2.42 bits per heavy atom. The van der Waals surface area contributed by atoms with Gasteiger partial charge in [0.25, 0.3) is 0 Å². The van der Waals surface area contributed by atoms with Gasteiger partial charge in [0.1, 0.15) is 0 Å². The molecule has 0 radical (unpaired) electrons. The highest BCUT2D eigenvalue weighted by atomic mass is 15.3. The van der Waals surface area contributed by atoms with Crippen molar-refractivity contribution in [3.8, 4) is 0 Å². The molecule has 1 saturated carbocycles. The first-order valence-corrected chi connectivity index (χ1v) is 8.15. The van der Waals surface area contributed by atoms with Gasteiger partial charge < -0.3 is 10.6 Å². The van der Waals surface area contributed by atoms with Crippen LogP contribution in [0.4, 0.5) is 0 Å². The predicted molar refractivity (Wildman–Crippen MR) is 79.3 cm³/mol. The molecule has 4 heteroatoms. The van der Waals surface area contributed by atoms with Gasteiger partial charge in [0.15, 0.2) is 5.96 Å². The molecule has 0 aromatic carbocycles. The van der Waals surface area contributed by atoms with Gasteiger partial charge >= 0.3 is 0 Å². The minimum absolute atomic E-state index is 0.655. The molecule has 1 aliphatic carbocycles. The number of hydrogen-bond acceptors (Lipinski definition) is 2. The van der Waals surface area contributed by atoms with Gasteiger partial charge in [0, 0.05) is 25.2 Å². The molecule has 0 aromatic rings. The highest BCUT2D eigenvalue weighted by Gasteiger charge is 2.31. The van der Waals surface area contributed by atoms with Gasteiger partial charge in [-0.15, -0.1) is 0 Å². The predicted octanol–water partition coefficient (Wildman–Crippen LogP) is 1.80. The van der Waals surface area contributed by atoms with Crippen LogP contribution in [-0.2, 0) is 0 Å². The number of nitrogens with two attached hydrogens (primary N) is 1. The second kappa shape index (κ2) is 6.12. The molecule has 2 heterocycles. The first kappa shape index (κ1) is 13.2. The molecule has 3 rings (SSSR count). The van der Waals surface area contributed by atoms with E-state index in [2.05, 4.69) is 14.8 Å². The molecule has 2 N–H and O–H groups in total. The number of nitrogens with zero attached hydrogens (tertiary/aromatic N) is 3. The summed E-state index contributed by atoms with van der Waals surface area (Å²) in [5.74, 6) is 0.779. The van der Waals surface area contributed by atoms with Crippen molar-refractivity contribution < 1.29 is 0 Å². The van der Waals surface area contributed by atoms with Gasteiger partial charge in [-0.1, -0.05) is 19.3 Å². The fraction of sp³-hybridized carbons (Fsp3) is 0.933. The third-order valence-corrected chi connectivity index (χ3v) is 5.11. The molecule has 2 saturated heterocycles. The Labute approximate surface area is 117 Å². The lowest BCUT2D eigenvalue weighted by atomic mass is 9.94. The SMILES string of the molecule is NC(=NCC1CCCN1C1CCCCC1)N1CCC1. The van der Waals surface area contributed by atoms with Crippen molar-refractivity contribution in [1.29, 1.82) is 0 Å². The number of guanidine groups is 1. The minimum Gasteiger partial charge on any atom is -0.370 e. The molecule has 0 bridgehead atoms. The minimum atomic E-state index is 0.655. The van der Waals surface area contributed by atoms with Crippen LogP contribution < -0.4 is 5.73 Å². The van der Waals surface area contributed by atoms with Crippen LogP contribution >= 0.6 is 0 Å². The summed E-state index contributed by atoms with van der Waals surface area (Å²) in [6.45, 7) is 4.41. The van der Waals surface area contributed by atoms with Crippen LogP contribution in [0.3, 0.4) is 0 Å². The van der Waals surface area contributed by atoms with Crippen molar-refractivity contribution in [2.45, 2.75) is 63.5 Å². The lowest BCUT2D eigenvalue weighted by Crippen LogP contribution is -2.47. The quantitative estimate of drug-likeness (QED) is 0.624. The normalized spacial score (nSPS) is 30.6. The topological polar surface area (TPSA) is 44.9 Å². The molecule has 3 fully saturated rings. The van der Waals surface area contributed by atoms with Crippen LogP contribution in [0.25, 0.3) is 0 Å². The Kier molecular flexibility index (Phi) is 4.26. The summed E-state index contributed by atoms with van der Waals surface area (Å²) in [6, 6.07) is 1.49. The maximum Gasteiger partial charge on any atom is 0.191 e. The van der Waals surface area contributed by atoms with E-state index in [4.69, 9.17) is 5.73 Å². The smallest absolute Gasteiger partial charge is 0.191 e. The molecule has 1 atom stereocenters. The van der Waals surface area contributed by atoms with Gasteiger partial charge in [-0.05, 0) is 38.6 Å². The van der Waals surface area contributed by atoms with Crippen molar-refractivity contribution in [2.75, 3.05) is 26.2 Å². The first-order chi connectivity index (χ1) is 9.34. The molecule has 4 nitrogen and oxygen atoms in total. The zero-order chi connectivity index (χ0) is 13.1. The van der Waals surface area contributed by atoms with E-state index in [0.29, 0.717) is 6.04 Å². The summed E-state index contributed by atoms with van der Waals surface area (Å²) >= 11 is 0. The monoisotopic (exact) mass is 264 g/mol. The fourth-order valence-electron chi connectivity index (χ4n) is 3.79. The average molecular weight is 264 g/mol. The molecule has 0 amide bonds. The van der Waals surface area contributed by atoms with Crippen LogP contribution in [0, 0.1) is 0 Å². The van der Waals surface area contributed by atoms with Gasteiger partial charge in [0.2, 0.25) is 0 Å². The van der Waals surface area contributed by atoms with Gasteiger partial charge in [-0.25, -0.2) is 0 Å². The van der Waals surface area contributed by atoms with E-state index in [1.54, 1.807) is 0 Å². The molecule has 1 unspecified atom stereocenters. The third kappa shape index (κ3) is 3.04. The van der Waals surface area contributed by atoms with Crippen LogP contribution in [-0.4, -0.2) is 54.0 Å². The van der Waals surface area contributed by atoms with E-state index in [0.717, 1.165) is 31.6 Å². The maximum atomic E-state index is 6.04. The van der Waals surface area contributed by atoms with Crippen molar-refractivity contribution in [3.63, 3.8) is 0 Å². The van der Waals surface area contributed by atoms with Crippen molar-refractivity contribution in [2.24, 2.45) is 10.7 Å². The second-order valence-electron chi connectivity index (χ2n) is 6.37. The number of rotatable bonds is 3.